The van der Waals surface area contributed by atoms with Crippen molar-refractivity contribution in [2.45, 2.75) is 42.6 Å². The van der Waals surface area contributed by atoms with Crippen molar-refractivity contribution in [3.63, 3.8) is 0 Å². The molecule has 0 aliphatic heterocycles. The van der Waals surface area contributed by atoms with Crippen LogP contribution < -0.4 is 14.8 Å². The zero-order valence-electron chi connectivity index (χ0n) is 14.8. The van der Waals surface area contributed by atoms with Crippen LogP contribution in [-0.2, 0) is 4.79 Å². The topological polar surface area (TPSA) is 47.6 Å². The summed E-state index contributed by atoms with van der Waals surface area (Å²) in [7, 11) is 3.21. The van der Waals surface area contributed by atoms with E-state index < -0.39 is 0 Å². The zero-order valence-corrected chi connectivity index (χ0v) is 16.4. The molecule has 1 atom stereocenters. The first-order valence-corrected chi connectivity index (χ1v) is 9.43. The van der Waals surface area contributed by atoms with Gasteiger partial charge in [0.1, 0.15) is 0 Å². The normalized spacial score (nSPS) is 12.6. The Labute approximate surface area is 148 Å². The maximum atomic E-state index is 12.2. The average Bonchev–Trinajstić information content (AvgIpc) is 2.50. The van der Waals surface area contributed by atoms with Crippen molar-refractivity contribution in [2.24, 2.45) is 0 Å². The summed E-state index contributed by atoms with van der Waals surface area (Å²) >= 11 is 3.36. The van der Waals surface area contributed by atoms with Gasteiger partial charge in [0, 0.05) is 21.9 Å². The van der Waals surface area contributed by atoms with Crippen molar-refractivity contribution in [3.8, 4) is 11.5 Å². The lowest BCUT2D eigenvalue weighted by Gasteiger charge is -2.18. The molecule has 0 heterocycles. The van der Waals surface area contributed by atoms with E-state index in [1.165, 1.54) is 11.8 Å². The van der Waals surface area contributed by atoms with E-state index >= 15 is 0 Å². The molecule has 6 heteroatoms. The van der Waals surface area contributed by atoms with Gasteiger partial charge in [-0.25, -0.2) is 0 Å². The predicted molar refractivity (Wildman–Crippen MR) is 100 cm³/mol. The van der Waals surface area contributed by atoms with Crippen molar-refractivity contribution in [1.29, 1.82) is 0 Å². The van der Waals surface area contributed by atoms with E-state index in [0.717, 1.165) is 10.6 Å². The molecule has 130 valence electrons. The summed E-state index contributed by atoms with van der Waals surface area (Å²) in [6, 6.07) is 5.68. The second-order valence-corrected chi connectivity index (χ2v) is 9.36. The highest BCUT2D eigenvalue weighted by Gasteiger charge is 2.16. The van der Waals surface area contributed by atoms with Crippen molar-refractivity contribution >= 4 is 29.4 Å². The van der Waals surface area contributed by atoms with Gasteiger partial charge >= 0.3 is 0 Å². The summed E-state index contributed by atoms with van der Waals surface area (Å²) in [6.45, 7) is 9.13. The van der Waals surface area contributed by atoms with Crippen LogP contribution in [0.25, 0.3) is 0 Å². The van der Waals surface area contributed by atoms with Gasteiger partial charge in [-0.05, 0) is 25.1 Å². The van der Waals surface area contributed by atoms with E-state index in [0.29, 0.717) is 18.0 Å². The lowest BCUT2D eigenvalue weighted by Crippen LogP contribution is -2.33. The van der Waals surface area contributed by atoms with Gasteiger partial charge in [0.05, 0.1) is 19.5 Å². The van der Waals surface area contributed by atoms with Gasteiger partial charge in [-0.2, -0.15) is 11.8 Å². The standard InChI is InChI=1S/C17H27NO3S2/c1-12(16(19)18-9-10-22-17(2,3)4)23-13-7-8-14(20-5)15(11-13)21-6/h7-8,11-12H,9-10H2,1-6H3,(H,18,19). The fourth-order valence-electron chi connectivity index (χ4n) is 1.82. The number of methoxy groups -OCH3 is 2. The van der Waals surface area contributed by atoms with Crippen LogP contribution in [0.3, 0.4) is 0 Å². The van der Waals surface area contributed by atoms with Crippen LogP contribution in [-0.4, -0.2) is 42.4 Å². The Morgan fingerprint density at radius 1 is 1.22 bits per heavy atom. The molecule has 0 fully saturated rings. The van der Waals surface area contributed by atoms with Gasteiger partial charge in [0.2, 0.25) is 5.91 Å². The summed E-state index contributed by atoms with van der Waals surface area (Å²) in [4.78, 5) is 13.1. The molecule has 0 saturated carbocycles. The highest BCUT2D eigenvalue weighted by Crippen LogP contribution is 2.33. The van der Waals surface area contributed by atoms with Crippen molar-refractivity contribution in [2.75, 3.05) is 26.5 Å². The van der Waals surface area contributed by atoms with E-state index in [2.05, 4.69) is 26.1 Å². The third-order valence-corrected chi connectivity index (χ3v) is 5.34. The summed E-state index contributed by atoms with van der Waals surface area (Å²) in [5, 5.41) is 2.83. The molecule has 0 aliphatic rings. The van der Waals surface area contributed by atoms with Gasteiger partial charge in [-0.15, -0.1) is 11.8 Å². The fraction of sp³-hybridized carbons (Fsp3) is 0.588. The maximum Gasteiger partial charge on any atom is 0.233 e. The number of thioether (sulfide) groups is 2. The summed E-state index contributed by atoms with van der Waals surface area (Å²) in [5.74, 6) is 2.34. The van der Waals surface area contributed by atoms with Crippen LogP contribution in [0.2, 0.25) is 0 Å². The molecule has 1 unspecified atom stereocenters. The minimum absolute atomic E-state index is 0.0549. The third kappa shape index (κ3) is 7.40. The molecule has 1 aromatic carbocycles. The second kappa shape index (κ2) is 9.33. The van der Waals surface area contributed by atoms with E-state index in [-0.39, 0.29) is 15.9 Å². The van der Waals surface area contributed by atoms with E-state index in [9.17, 15) is 4.79 Å². The Kier molecular flexibility index (Phi) is 8.12. The van der Waals surface area contributed by atoms with Gasteiger partial charge in [-0.3, -0.25) is 4.79 Å². The van der Waals surface area contributed by atoms with Crippen LogP contribution in [0.5, 0.6) is 11.5 Å². The molecule has 1 N–H and O–H groups in total. The molecule has 1 amide bonds. The number of carbonyl (C=O) groups is 1. The lowest BCUT2D eigenvalue weighted by atomic mass is 10.3. The van der Waals surface area contributed by atoms with Crippen LogP contribution in [0.1, 0.15) is 27.7 Å². The van der Waals surface area contributed by atoms with Crippen molar-refractivity contribution < 1.29 is 14.3 Å². The Hall–Kier alpha value is -1.01. The Balaban J connectivity index is 2.49. The Morgan fingerprint density at radius 3 is 2.43 bits per heavy atom. The molecule has 23 heavy (non-hydrogen) atoms. The predicted octanol–water partition coefficient (Wildman–Crippen LogP) is 3.83. The molecule has 1 rings (SSSR count). The minimum atomic E-state index is -0.160. The van der Waals surface area contributed by atoms with Gasteiger partial charge in [-0.1, -0.05) is 20.8 Å². The van der Waals surface area contributed by atoms with E-state index in [1.54, 1.807) is 14.2 Å². The van der Waals surface area contributed by atoms with E-state index in [1.807, 2.05) is 36.9 Å². The van der Waals surface area contributed by atoms with Crippen LogP contribution in [0.15, 0.2) is 23.1 Å². The van der Waals surface area contributed by atoms with Crippen LogP contribution in [0.4, 0.5) is 0 Å². The molecule has 0 radical (unpaired) electrons. The largest absolute Gasteiger partial charge is 0.493 e. The average molecular weight is 358 g/mol. The Morgan fingerprint density at radius 2 is 1.87 bits per heavy atom. The molecule has 0 bridgehead atoms. The monoisotopic (exact) mass is 357 g/mol. The molecule has 4 nitrogen and oxygen atoms in total. The molecule has 0 aromatic heterocycles. The molecular formula is C17H27NO3S2. The zero-order chi connectivity index (χ0) is 17.5. The molecule has 0 aliphatic carbocycles. The van der Waals surface area contributed by atoms with E-state index in [4.69, 9.17) is 9.47 Å². The summed E-state index contributed by atoms with van der Waals surface area (Å²) in [6.07, 6.45) is 0. The molecule has 0 spiro atoms. The fourth-order valence-corrected chi connectivity index (χ4v) is 3.56. The maximum absolute atomic E-state index is 12.2. The van der Waals surface area contributed by atoms with Crippen LogP contribution in [0, 0.1) is 0 Å². The van der Waals surface area contributed by atoms with Gasteiger partial charge in [0.25, 0.3) is 0 Å². The summed E-state index contributed by atoms with van der Waals surface area (Å²) in [5.41, 5.74) is 0. The lowest BCUT2D eigenvalue weighted by molar-refractivity contribution is -0.120. The van der Waals surface area contributed by atoms with Crippen LogP contribution >= 0.6 is 23.5 Å². The number of rotatable bonds is 8. The summed E-state index contributed by atoms with van der Waals surface area (Å²) < 4.78 is 10.7. The van der Waals surface area contributed by atoms with Crippen molar-refractivity contribution in [3.05, 3.63) is 18.2 Å². The highest BCUT2D eigenvalue weighted by molar-refractivity contribution is 8.00. The van der Waals surface area contributed by atoms with Crippen molar-refractivity contribution in [1.82, 2.24) is 5.32 Å². The van der Waals surface area contributed by atoms with Gasteiger partial charge in [0.15, 0.2) is 11.5 Å². The highest BCUT2D eigenvalue weighted by atomic mass is 32.2. The molecular weight excluding hydrogens is 330 g/mol. The molecule has 0 saturated heterocycles. The SMILES string of the molecule is COc1ccc(SC(C)C(=O)NCCSC(C)(C)C)cc1OC. The Bertz CT molecular complexity index is 515. The minimum Gasteiger partial charge on any atom is -0.493 e. The number of carbonyl (C=O) groups excluding carboxylic acids is 1. The number of hydrogen-bond acceptors (Lipinski definition) is 5. The first-order chi connectivity index (χ1) is 10.8. The van der Waals surface area contributed by atoms with Gasteiger partial charge < -0.3 is 14.8 Å². The molecule has 1 aromatic rings. The second-order valence-electron chi connectivity index (χ2n) is 6.03. The number of amides is 1. The number of ether oxygens (including phenoxy) is 2. The first kappa shape index (κ1) is 20.0. The quantitative estimate of drug-likeness (QED) is 0.566. The first-order valence-electron chi connectivity index (χ1n) is 7.57. The number of nitrogens with one attached hydrogen (secondary N) is 1. The third-order valence-electron chi connectivity index (χ3n) is 2.97. The smallest absolute Gasteiger partial charge is 0.233 e. The number of hydrogen-bond donors (Lipinski definition) is 1. The number of benzene rings is 1.